The van der Waals surface area contributed by atoms with Crippen molar-refractivity contribution in [2.75, 3.05) is 7.11 Å². The van der Waals surface area contributed by atoms with Gasteiger partial charge in [-0.15, -0.1) is 0 Å². The minimum absolute atomic E-state index is 0.0563. The van der Waals surface area contributed by atoms with E-state index in [1.54, 1.807) is 37.4 Å². The topological polar surface area (TPSA) is 33.0 Å². The third kappa shape index (κ3) is 2.11. The molecular formula is C14H10FNO. The molecule has 0 heterocycles. The Morgan fingerprint density at radius 1 is 1.18 bits per heavy atom. The Morgan fingerprint density at radius 3 is 2.65 bits per heavy atom. The van der Waals surface area contributed by atoms with Crippen molar-refractivity contribution < 1.29 is 9.13 Å². The smallest absolute Gasteiger partial charge is 0.141 e. The molecule has 2 rings (SSSR count). The third-order valence-electron chi connectivity index (χ3n) is 2.51. The van der Waals surface area contributed by atoms with Gasteiger partial charge in [0, 0.05) is 5.56 Å². The van der Waals surface area contributed by atoms with Crippen LogP contribution >= 0.6 is 0 Å². The molecule has 0 fully saturated rings. The van der Waals surface area contributed by atoms with Crippen LogP contribution in [0.2, 0.25) is 0 Å². The predicted octanol–water partition coefficient (Wildman–Crippen LogP) is 3.37. The minimum Gasteiger partial charge on any atom is -0.497 e. The number of ether oxygens (including phenoxy) is 1. The third-order valence-corrected chi connectivity index (χ3v) is 2.51. The monoisotopic (exact) mass is 227 g/mol. The van der Waals surface area contributed by atoms with Gasteiger partial charge in [0.1, 0.15) is 17.6 Å². The van der Waals surface area contributed by atoms with Gasteiger partial charge in [0.05, 0.1) is 12.7 Å². The summed E-state index contributed by atoms with van der Waals surface area (Å²) in [5.41, 5.74) is 1.40. The van der Waals surface area contributed by atoms with E-state index < -0.39 is 5.82 Å². The van der Waals surface area contributed by atoms with Crippen LogP contribution < -0.4 is 4.74 Å². The molecule has 2 aromatic rings. The molecule has 0 saturated heterocycles. The summed E-state index contributed by atoms with van der Waals surface area (Å²) < 4.78 is 18.6. The van der Waals surface area contributed by atoms with Gasteiger partial charge in [0.25, 0.3) is 0 Å². The van der Waals surface area contributed by atoms with E-state index in [1.165, 1.54) is 6.07 Å². The highest BCUT2D eigenvalue weighted by molar-refractivity contribution is 5.71. The Kier molecular flexibility index (Phi) is 3.06. The van der Waals surface area contributed by atoms with Gasteiger partial charge in [0.2, 0.25) is 0 Å². The van der Waals surface area contributed by atoms with E-state index in [0.29, 0.717) is 11.3 Å². The second-order valence-corrected chi connectivity index (χ2v) is 3.51. The zero-order chi connectivity index (χ0) is 12.3. The van der Waals surface area contributed by atoms with Crippen molar-refractivity contribution in [3.8, 4) is 22.9 Å². The standard InChI is InChI=1S/C14H10FNO/c1-17-11-5-2-4-10(8-11)12-6-3-7-14(15)13(12)9-16/h2-8H,1H3. The first-order valence-corrected chi connectivity index (χ1v) is 5.09. The van der Waals surface area contributed by atoms with E-state index in [9.17, 15) is 4.39 Å². The van der Waals surface area contributed by atoms with E-state index in [-0.39, 0.29) is 5.56 Å². The van der Waals surface area contributed by atoms with Gasteiger partial charge >= 0.3 is 0 Å². The van der Waals surface area contributed by atoms with Crippen LogP contribution in [0.3, 0.4) is 0 Å². The van der Waals surface area contributed by atoms with Crippen LogP contribution in [0.5, 0.6) is 5.75 Å². The van der Waals surface area contributed by atoms with Gasteiger partial charge in [0.15, 0.2) is 0 Å². The van der Waals surface area contributed by atoms with E-state index in [1.807, 2.05) is 12.1 Å². The normalized spacial score (nSPS) is 9.71. The Balaban J connectivity index is 2.61. The van der Waals surface area contributed by atoms with E-state index in [2.05, 4.69) is 0 Å². The number of methoxy groups -OCH3 is 1. The zero-order valence-corrected chi connectivity index (χ0v) is 9.27. The van der Waals surface area contributed by atoms with Crippen molar-refractivity contribution in [2.45, 2.75) is 0 Å². The molecule has 0 bridgehead atoms. The molecule has 0 N–H and O–H groups in total. The Labute approximate surface area is 98.9 Å². The highest BCUT2D eigenvalue weighted by Gasteiger charge is 2.09. The number of rotatable bonds is 2. The highest BCUT2D eigenvalue weighted by atomic mass is 19.1. The first-order chi connectivity index (χ1) is 8.26. The molecule has 17 heavy (non-hydrogen) atoms. The average molecular weight is 227 g/mol. The Hall–Kier alpha value is -2.34. The highest BCUT2D eigenvalue weighted by Crippen LogP contribution is 2.27. The summed E-state index contributed by atoms with van der Waals surface area (Å²) in [7, 11) is 1.57. The lowest BCUT2D eigenvalue weighted by atomic mass is 10.00. The molecule has 0 radical (unpaired) electrons. The second kappa shape index (κ2) is 4.67. The van der Waals surface area contributed by atoms with Gasteiger partial charge in [-0.05, 0) is 23.8 Å². The molecule has 2 aromatic carbocycles. The molecule has 0 aliphatic rings. The molecule has 0 saturated carbocycles. The molecule has 0 amide bonds. The van der Waals surface area contributed by atoms with Crippen molar-refractivity contribution in [3.63, 3.8) is 0 Å². The molecular weight excluding hydrogens is 217 g/mol. The van der Waals surface area contributed by atoms with Gasteiger partial charge in [-0.25, -0.2) is 4.39 Å². The fraction of sp³-hybridized carbons (Fsp3) is 0.0714. The first-order valence-electron chi connectivity index (χ1n) is 5.09. The fourth-order valence-corrected chi connectivity index (χ4v) is 1.67. The molecule has 0 aliphatic heterocycles. The lowest BCUT2D eigenvalue weighted by molar-refractivity contribution is 0.415. The summed E-state index contributed by atoms with van der Waals surface area (Å²) in [6.45, 7) is 0. The van der Waals surface area contributed by atoms with Crippen molar-refractivity contribution in [1.29, 1.82) is 5.26 Å². The number of hydrogen-bond acceptors (Lipinski definition) is 2. The van der Waals surface area contributed by atoms with E-state index in [0.717, 1.165) is 5.56 Å². The maximum atomic E-state index is 13.5. The van der Waals surface area contributed by atoms with E-state index >= 15 is 0 Å². The van der Waals surface area contributed by atoms with Gasteiger partial charge in [-0.1, -0.05) is 24.3 Å². The summed E-state index contributed by atoms with van der Waals surface area (Å²) in [5, 5.41) is 8.97. The van der Waals surface area contributed by atoms with Crippen molar-refractivity contribution in [1.82, 2.24) is 0 Å². The molecule has 2 nitrogen and oxygen atoms in total. The fourth-order valence-electron chi connectivity index (χ4n) is 1.67. The lowest BCUT2D eigenvalue weighted by Crippen LogP contribution is -1.90. The Morgan fingerprint density at radius 2 is 1.94 bits per heavy atom. The summed E-state index contributed by atoms with van der Waals surface area (Å²) in [5.74, 6) is 0.170. The molecule has 3 heteroatoms. The number of nitrogens with zero attached hydrogens (tertiary/aromatic N) is 1. The lowest BCUT2D eigenvalue weighted by Gasteiger charge is -2.06. The SMILES string of the molecule is COc1cccc(-c2cccc(F)c2C#N)c1. The first kappa shape index (κ1) is 11.2. The maximum absolute atomic E-state index is 13.5. The quantitative estimate of drug-likeness (QED) is 0.788. The molecule has 0 atom stereocenters. The summed E-state index contributed by atoms with van der Waals surface area (Å²) in [4.78, 5) is 0. The van der Waals surface area contributed by atoms with Crippen LogP contribution in [0.25, 0.3) is 11.1 Å². The van der Waals surface area contributed by atoms with Crippen LogP contribution in [0.15, 0.2) is 42.5 Å². The number of halogens is 1. The zero-order valence-electron chi connectivity index (χ0n) is 9.27. The van der Waals surface area contributed by atoms with E-state index in [4.69, 9.17) is 10.00 Å². The van der Waals surface area contributed by atoms with Crippen molar-refractivity contribution >= 4 is 0 Å². The molecule has 0 aliphatic carbocycles. The van der Waals surface area contributed by atoms with Crippen LogP contribution in [-0.4, -0.2) is 7.11 Å². The summed E-state index contributed by atoms with van der Waals surface area (Å²) in [6.07, 6.45) is 0. The average Bonchev–Trinajstić information content (AvgIpc) is 2.38. The van der Waals surface area contributed by atoms with Crippen molar-refractivity contribution in [2.24, 2.45) is 0 Å². The predicted molar refractivity (Wildman–Crippen MR) is 63.1 cm³/mol. The van der Waals surface area contributed by atoms with Gasteiger partial charge in [-0.3, -0.25) is 0 Å². The number of hydrogen-bond donors (Lipinski definition) is 0. The van der Waals surface area contributed by atoms with Crippen molar-refractivity contribution in [3.05, 3.63) is 53.8 Å². The van der Waals surface area contributed by atoms with Crippen LogP contribution in [0, 0.1) is 17.1 Å². The summed E-state index contributed by atoms with van der Waals surface area (Å²) >= 11 is 0. The van der Waals surface area contributed by atoms with Crippen LogP contribution in [-0.2, 0) is 0 Å². The maximum Gasteiger partial charge on any atom is 0.141 e. The number of nitriles is 1. The molecule has 0 spiro atoms. The second-order valence-electron chi connectivity index (χ2n) is 3.51. The van der Waals surface area contributed by atoms with Crippen LogP contribution in [0.4, 0.5) is 4.39 Å². The van der Waals surface area contributed by atoms with Gasteiger partial charge in [-0.2, -0.15) is 5.26 Å². The van der Waals surface area contributed by atoms with Gasteiger partial charge < -0.3 is 4.74 Å². The Bertz CT molecular complexity index is 587. The molecule has 0 unspecified atom stereocenters. The molecule has 84 valence electrons. The minimum atomic E-state index is -0.507. The molecule has 0 aromatic heterocycles. The number of benzene rings is 2. The van der Waals surface area contributed by atoms with Crippen LogP contribution in [0.1, 0.15) is 5.56 Å². The largest absolute Gasteiger partial charge is 0.497 e. The summed E-state index contributed by atoms with van der Waals surface area (Å²) in [6, 6.07) is 13.7.